The maximum absolute atomic E-state index is 12.0. The van der Waals surface area contributed by atoms with Gasteiger partial charge in [0.1, 0.15) is 10.6 Å². The van der Waals surface area contributed by atoms with E-state index in [1.165, 1.54) is 13.2 Å². The van der Waals surface area contributed by atoms with Crippen LogP contribution in [-0.4, -0.2) is 33.8 Å². The van der Waals surface area contributed by atoms with Crippen molar-refractivity contribution in [2.45, 2.75) is 18.2 Å². The lowest BCUT2D eigenvalue weighted by atomic mass is 10.2. The number of rotatable bonds is 5. The number of hydrogen-bond acceptors (Lipinski definition) is 4. The molecule has 1 aromatic carbocycles. The van der Waals surface area contributed by atoms with E-state index in [1.54, 1.807) is 19.1 Å². The topological polar surface area (TPSA) is 75.6 Å². The highest BCUT2D eigenvalue weighted by molar-refractivity contribution is 7.89. The molecule has 2 N–H and O–H groups in total. The molecule has 104 valence electrons. The SMILES string of the molecule is CCNS(=O)(=O)c1cc(C#CCCO)ccc1OC. The van der Waals surface area contributed by atoms with Crippen LogP contribution in [0, 0.1) is 11.8 Å². The summed E-state index contributed by atoms with van der Waals surface area (Å²) in [5.41, 5.74) is 0.561. The summed E-state index contributed by atoms with van der Waals surface area (Å²) in [5.74, 6) is 5.81. The summed E-state index contributed by atoms with van der Waals surface area (Å²) in [6.07, 6.45) is 0.349. The van der Waals surface area contributed by atoms with Crippen LogP contribution in [0.15, 0.2) is 23.1 Å². The largest absolute Gasteiger partial charge is 0.495 e. The molecule has 6 heteroatoms. The van der Waals surface area contributed by atoms with E-state index in [1.807, 2.05) is 0 Å². The first-order valence-corrected chi connectivity index (χ1v) is 7.31. The number of aliphatic hydroxyl groups is 1. The smallest absolute Gasteiger partial charge is 0.244 e. The zero-order valence-corrected chi connectivity index (χ0v) is 11.8. The maximum atomic E-state index is 12.0. The van der Waals surface area contributed by atoms with Crippen molar-refractivity contribution in [1.29, 1.82) is 0 Å². The minimum absolute atomic E-state index is 0.0221. The predicted octanol–water partition coefficient (Wildman–Crippen LogP) is 0.727. The van der Waals surface area contributed by atoms with E-state index in [9.17, 15) is 8.42 Å². The van der Waals surface area contributed by atoms with Crippen LogP contribution in [0.2, 0.25) is 0 Å². The monoisotopic (exact) mass is 283 g/mol. The Labute approximate surface area is 113 Å². The van der Waals surface area contributed by atoms with E-state index in [2.05, 4.69) is 16.6 Å². The Balaban J connectivity index is 3.22. The maximum Gasteiger partial charge on any atom is 0.244 e. The van der Waals surface area contributed by atoms with Crippen LogP contribution in [0.1, 0.15) is 18.9 Å². The van der Waals surface area contributed by atoms with Crippen LogP contribution in [-0.2, 0) is 10.0 Å². The fraction of sp³-hybridized carbons (Fsp3) is 0.385. The molecule has 0 saturated carbocycles. The lowest BCUT2D eigenvalue weighted by Crippen LogP contribution is -2.23. The van der Waals surface area contributed by atoms with Crippen molar-refractivity contribution in [1.82, 2.24) is 4.72 Å². The van der Waals surface area contributed by atoms with E-state index in [-0.39, 0.29) is 17.3 Å². The fourth-order valence-electron chi connectivity index (χ4n) is 1.45. The lowest BCUT2D eigenvalue weighted by molar-refractivity contribution is 0.305. The second kappa shape index (κ2) is 7.14. The summed E-state index contributed by atoms with van der Waals surface area (Å²) in [4.78, 5) is 0.0626. The second-order valence-corrected chi connectivity index (χ2v) is 5.38. The number of hydrogen-bond donors (Lipinski definition) is 2. The summed E-state index contributed by atoms with van der Waals surface area (Å²) in [7, 11) is -2.18. The Bertz CT molecular complexity index is 584. The van der Waals surface area contributed by atoms with Crippen LogP contribution in [0.5, 0.6) is 5.75 Å². The van der Waals surface area contributed by atoms with Crippen molar-refractivity contribution >= 4 is 10.0 Å². The number of ether oxygens (including phenoxy) is 1. The summed E-state index contributed by atoms with van der Waals surface area (Å²) in [6.45, 7) is 1.98. The number of methoxy groups -OCH3 is 1. The van der Waals surface area contributed by atoms with Gasteiger partial charge in [-0.15, -0.1) is 0 Å². The Kier molecular flexibility index (Phi) is 5.83. The van der Waals surface area contributed by atoms with Crippen LogP contribution in [0.25, 0.3) is 0 Å². The predicted molar refractivity (Wildman–Crippen MR) is 72.4 cm³/mol. The molecular formula is C13H17NO4S. The van der Waals surface area contributed by atoms with Crippen LogP contribution >= 0.6 is 0 Å². The van der Waals surface area contributed by atoms with Crippen molar-refractivity contribution in [3.8, 4) is 17.6 Å². The molecular weight excluding hydrogens is 266 g/mol. The van der Waals surface area contributed by atoms with Gasteiger partial charge in [-0.05, 0) is 18.2 Å². The first-order chi connectivity index (χ1) is 9.05. The molecule has 1 rings (SSSR count). The van der Waals surface area contributed by atoms with Crippen molar-refractivity contribution in [2.75, 3.05) is 20.3 Å². The number of aliphatic hydroxyl groups excluding tert-OH is 1. The van der Waals surface area contributed by atoms with Gasteiger partial charge in [-0.2, -0.15) is 0 Å². The minimum atomic E-state index is -3.60. The molecule has 0 saturated heterocycles. The standard InChI is InChI=1S/C13H17NO4S/c1-3-14-19(16,17)13-10-11(6-4-5-9-15)7-8-12(13)18-2/h7-8,10,14-15H,3,5,9H2,1-2H3. The van der Waals surface area contributed by atoms with Crippen molar-refractivity contribution in [3.63, 3.8) is 0 Å². The highest BCUT2D eigenvalue weighted by Crippen LogP contribution is 2.24. The molecule has 0 unspecified atom stereocenters. The Morgan fingerprint density at radius 3 is 2.74 bits per heavy atom. The van der Waals surface area contributed by atoms with Gasteiger partial charge in [0.25, 0.3) is 0 Å². The third-order valence-electron chi connectivity index (χ3n) is 2.26. The number of nitrogens with one attached hydrogen (secondary N) is 1. The van der Waals surface area contributed by atoms with Gasteiger partial charge in [-0.3, -0.25) is 0 Å². The molecule has 0 radical (unpaired) electrons. The molecule has 0 spiro atoms. The average molecular weight is 283 g/mol. The summed E-state index contributed by atoms with van der Waals surface area (Å²) in [6, 6.07) is 4.70. The van der Waals surface area contributed by atoms with Crippen molar-refractivity contribution in [2.24, 2.45) is 0 Å². The van der Waals surface area contributed by atoms with Crippen LogP contribution in [0.3, 0.4) is 0 Å². The van der Waals surface area contributed by atoms with E-state index >= 15 is 0 Å². The first-order valence-electron chi connectivity index (χ1n) is 5.82. The van der Waals surface area contributed by atoms with E-state index < -0.39 is 10.0 Å². The zero-order valence-electron chi connectivity index (χ0n) is 10.9. The Hall–Kier alpha value is -1.55. The molecule has 0 amide bonds. The summed E-state index contributed by atoms with van der Waals surface area (Å²) < 4.78 is 31.5. The van der Waals surface area contributed by atoms with Crippen LogP contribution < -0.4 is 9.46 Å². The highest BCUT2D eigenvalue weighted by Gasteiger charge is 2.18. The second-order valence-electron chi connectivity index (χ2n) is 3.64. The van der Waals surface area contributed by atoms with Gasteiger partial charge in [-0.25, -0.2) is 13.1 Å². The molecule has 5 nitrogen and oxygen atoms in total. The molecule has 0 bridgehead atoms. The average Bonchev–Trinajstić information content (AvgIpc) is 2.39. The molecule has 19 heavy (non-hydrogen) atoms. The van der Waals surface area contributed by atoms with Gasteiger partial charge in [-0.1, -0.05) is 18.8 Å². The molecule has 0 atom stereocenters. The Morgan fingerprint density at radius 2 is 2.16 bits per heavy atom. The zero-order chi connectivity index (χ0) is 14.3. The molecule has 0 aromatic heterocycles. The van der Waals surface area contributed by atoms with Crippen molar-refractivity contribution < 1.29 is 18.3 Å². The summed E-state index contributed by atoms with van der Waals surface area (Å²) >= 11 is 0. The number of benzene rings is 1. The van der Waals surface area contributed by atoms with Gasteiger partial charge in [0.15, 0.2) is 0 Å². The van der Waals surface area contributed by atoms with Crippen molar-refractivity contribution in [3.05, 3.63) is 23.8 Å². The third-order valence-corrected chi connectivity index (χ3v) is 3.82. The third kappa shape index (κ3) is 4.24. The highest BCUT2D eigenvalue weighted by atomic mass is 32.2. The lowest BCUT2D eigenvalue weighted by Gasteiger charge is -2.10. The molecule has 0 aliphatic rings. The van der Waals surface area contributed by atoms with Gasteiger partial charge >= 0.3 is 0 Å². The fourth-order valence-corrected chi connectivity index (χ4v) is 2.69. The first kappa shape index (κ1) is 15.5. The van der Waals surface area contributed by atoms with E-state index in [4.69, 9.17) is 9.84 Å². The molecule has 1 aromatic rings. The van der Waals surface area contributed by atoms with E-state index in [0.717, 1.165) is 0 Å². The Morgan fingerprint density at radius 1 is 1.42 bits per heavy atom. The molecule has 0 aliphatic carbocycles. The van der Waals surface area contributed by atoms with Gasteiger partial charge in [0.05, 0.1) is 13.7 Å². The van der Waals surface area contributed by atoms with Gasteiger partial charge in [0, 0.05) is 18.5 Å². The molecule has 0 heterocycles. The minimum Gasteiger partial charge on any atom is -0.495 e. The van der Waals surface area contributed by atoms with Crippen LogP contribution in [0.4, 0.5) is 0 Å². The molecule has 0 aliphatic heterocycles. The quantitative estimate of drug-likeness (QED) is 0.781. The van der Waals surface area contributed by atoms with Gasteiger partial charge in [0.2, 0.25) is 10.0 Å². The van der Waals surface area contributed by atoms with Gasteiger partial charge < -0.3 is 9.84 Å². The number of sulfonamides is 1. The normalized spacial score (nSPS) is 10.7. The summed E-state index contributed by atoms with van der Waals surface area (Å²) in [5, 5.41) is 8.65. The van der Waals surface area contributed by atoms with E-state index in [0.29, 0.717) is 18.5 Å². The molecule has 0 fully saturated rings.